The van der Waals surface area contributed by atoms with Crippen molar-refractivity contribution in [2.75, 3.05) is 51.3 Å². The van der Waals surface area contributed by atoms with E-state index in [1.165, 1.54) is 0 Å². The van der Waals surface area contributed by atoms with Crippen molar-refractivity contribution >= 4 is 28.5 Å². The molecule has 1 aromatic carbocycles. The smallest absolute Gasteiger partial charge is 0.410 e. The van der Waals surface area contributed by atoms with Crippen LogP contribution in [0.2, 0.25) is 0 Å². The molecule has 2 aromatic heterocycles. The second-order valence-corrected chi connectivity index (χ2v) is 7.57. The van der Waals surface area contributed by atoms with Crippen molar-refractivity contribution in [1.29, 1.82) is 0 Å². The third-order valence-electron chi connectivity index (χ3n) is 5.26. The number of carbonyl (C=O) groups excluding carboxylic acids is 1. The van der Waals surface area contributed by atoms with E-state index in [0.29, 0.717) is 23.6 Å². The fraction of sp³-hybridized carbons (Fsp3) is 0.292. The average Bonchev–Trinajstić information content (AvgIpc) is 2.85. The van der Waals surface area contributed by atoms with Gasteiger partial charge in [0.2, 0.25) is 0 Å². The third-order valence-corrected chi connectivity index (χ3v) is 5.26. The first kappa shape index (κ1) is 22.7. The van der Waals surface area contributed by atoms with Gasteiger partial charge in [0, 0.05) is 50.7 Å². The first-order valence-corrected chi connectivity index (χ1v) is 10.9. The SMILES string of the molecule is NC/C(=C\NCCN1CCOCC1)c1cnc2ccc(NC(=O)Oc3ccccc3)nc2c1. The Kier molecular flexibility index (Phi) is 7.81. The van der Waals surface area contributed by atoms with Crippen molar-refractivity contribution in [3.05, 3.63) is 66.5 Å². The topological polar surface area (TPSA) is 115 Å². The van der Waals surface area contributed by atoms with Crippen molar-refractivity contribution < 1.29 is 14.3 Å². The molecule has 1 saturated heterocycles. The monoisotopic (exact) mass is 448 g/mol. The van der Waals surface area contributed by atoms with Crippen molar-refractivity contribution in [3.8, 4) is 5.75 Å². The lowest BCUT2D eigenvalue weighted by Crippen LogP contribution is -2.39. The van der Waals surface area contributed by atoms with E-state index in [0.717, 1.165) is 56.0 Å². The molecule has 0 bridgehead atoms. The number of fused-ring (bicyclic) bond motifs is 1. The Hall–Kier alpha value is -3.53. The number of nitrogens with one attached hydrogen (secondary N) is 2. The Bertz CT molecular complexity index is 1100. The second-order valence-electron chi connectivity index (χ2n) is 7.57. The second kappa shape index (κ2) is 11.4. The molecular formula is C24H28N6O3. The van der Waals surface area contributed by atoms with Gasteiger partial charge in [-0.15, -0.1) is 0 Å². The van der Waals surface area contributed by atoms with E-state index in [-0.39, 0.29) is 0 Å². The fourth-order valence-electron chi connectivity index (χ4n) is 3.48. The minimum absolute atomic E-state index is 0.360. The van der Waals surface area contributed by atoms with Crippen LogP contribution in [0.15, 0.2) is 60.9 Å². The van der Waals surface area contributed by atoms with Gasteiger partial charge in [-0.1, -0.05) is 18.2 Å². The standard InChI is InChI=1S/C24H28N6O3/c25-15-19(16-26-8-9-30-10-12-32-13-11-30)18-14-22-21(27-17-18)6-7-23(28-22)29-24(31)33-20-4-2-1-3-5-20/h1-7,14,16-17,26H,8-13,15,25H2,(H,28,29,31)/b19-16+. The lowest BCUT2D eigenvalue weighted by atomic mass is 10.1. The lowest BCUT2D eigenvalue weighted by Gasteiger charge is -2.26. The molecule has 1 aliphatic heterocycles. The maximum atomic E-state index is 12.2. The Balaban J connectivity index is 1.40. The molecule has 4 rings (SSSR count). The van der Waals surface area contributed by atoms with E-state index in [2.05, 4.69) is 25.5 Å². The van der Waals surface area contributed by atoms with E-state index in [1.807, 2.05) is 18.3 Å². The fourth-order valence-corrected chi connectivity index (χ4v) is 3.48. The summed E-state index contributed by atoms with van der Waals surface area (Å²) in [5.41, 5.74) is 9.16. The number of para-hydroxylation sites is 1. The molecule has 172 valence electrons. The zero-order valence-corrected chi connectivity index (χ0v) is 18.4. The van der Waals surface area contributed by atoms with Gasteiger partial charge < -0.3 is 20.5 Å². The summed E-state index contributed by atoms with van der Waals surface area (Å²) in [5.74, 6) is 0.836. The summed E-state index contributed by atoms with van der Waals surface area (Å²) >= 11 is 0. The van der Waals surface area contributed by atoms with Crippen LogP contribution in [0.4, 0.5) is 10.6 Å². The number of morpholine rings is 1. The first-order valence-electron chi connectivity index (χ1n) is 10.9. The summed E-state index contributed by atoms with van der Waals surface area (Å²) in [7, 11) is 0. The molecule has 4 N–H and O–H groups in total. The van der Waals surface area contributed by atoms with Crippen molar-refractivity contribution in [2.45, 2.75) is 0 Å². The number of anilines is 1. The Morgan fingerprint density at radius 2 is 1.97 bits per heavy atom. The predicted octanol–water partition coefficient (Wildman–Crippen LogP) is 2.46. The number of rotatable bonds is 8. The van der Waals surface area contributed by atoms with Crippen LogP contribution in [0.5, 0.6) is 5.75 Å². The molecule has 0 unspecified atom stereocenters. The van der Waals surface area contributed by atoms with Crippen LogP contribution in [0.25, 0.3) is 16.6 Å². The minimum atomic E-state index is -0.607. The molecular weight excluding hydrogens is 420 g/mol. The number of hydrogen-bond acceptors (Lipinski definition) is 8. The highest BCUT2D eigenvalue weighted by atomic mass is 16.6. The molecule has 0 spiro atoms. The van der Waals surface area contributed by atoms with Gasteiger partial charge in [-0.3, -0.25) is 15.2 Å². The van der Waals surface area contributed by atoms with Crippen molar-refractivity contribution in [1.82, 2.24) is 20.2 Å². The minimum Gasteiger partial charge on any atom is -0.410 e. The summed E-state index contributed by atoms with van der Waals surface area (Å²) < 4.78 is 10.6. The van der Waals surface area contributed by atoms with Gasteiger partial charge in [-0.25, -0.2) is 9.78 Å². The van der Waals surface area contributed by atoms with Crippen LogP contribution < -0.4 is 21.1 Å². The van der Waals surface area contributed by atoms with Crippen LogP contribution in [0.3, 0.4) is 0 Å². The number of pyridine rings is 2. The van der Waals surface area contributed by atoms with Gasteiger partial charge in [0.1, 0.15) is 11.6 Å². The molecule has 0 radical (unpaired) electrons. The molecule has 3 aromatic rings. The van der Waals surface area contributed by atoms with E-state index < -0.39 is 6.09 Å². The Morgan fingerprint density at radius 3 is 2.76 bits per heavy atom. The molecule has 0 saturated carbocycles. The van der Waals surface area contributed by atoms with Gasteiger partial charge in [0.25, 0.3) is 0 Å². The zero-order chi connectivity index (χ0) is 22.9. The number of aromatic nitrogens is 2. The maximum Gasteiger partial charge on any atom is 0.418 e. The number of carbonyl (C=O) groups is 1. The van der Waals surface area contributed by atoms with E-state index in [9.17, 15) is 4.79 Å². The summed E-state index contributed by atoms with van der Waals surface area (Å²) in [5, 5.41) is 6.00. The summed E-state index contributed by atoms with van der Waals surface area (Å²) in [4.78, 5) is 23.5. The Morgan fingerprint density at radius 1 is 1.15 bits per heavy atom. The molecule has 9 nitrogen and oxygen atoms in total. The van der Waals surface area contributed by atoms with Crippen LogP contribution >= 0.6 is 0 Å². The van der Waals surface area contributed by atoms with Crippen LogP contribution in [0, 0.1) is 0 Å². The van der Waals surface area contributed by atoms with Crippen LogP contribution in [0.1, 0.15) is 5.56 Å². The van der Waals surface area contributed by atoms with Crippen LogP contribution in [-0.2, 0) is 4.74 Å². The molecule has 1 fully saturated rings. The van der Waals surface area contributed by atoms with Crippen molar-refractivity contribution in [2.24, 2.45) is 5.73 Å². The van der Waals surface area contributed by atoms with E-state index in [1.54, 1.807) is 42.6 Å². The average molecular weight is 449 g/mol. The number of nitrogens with zero attached hydrogens (tertiary/aromatic N) is 3. The van der Waals surface area contributed by atoms with E-state index in [4.69, 9.17) is 15.2 Å². The third kappa shape index (κ3) is 6.48. The van der Waals surface area contributed by atoms with Gasteiger partial charge in [0.15, 0.2) is 0 Å². The molecule has 0 aliphatic carbocycles. The van der Waals surface area contributed by atoms with Crippen LogP contribution in [-0.4, -0.2) is 66.9 Å². The number of amides is 1. The first-order chi connectivity index (χ1) is 16.2. The molecule has 1 amide bonds. The Labute approximate surface area is 192 Å². The highest BCUT2D eigenvalue weighted by Gasteiger charge is 2.10. The molecule has 3 heterocycles. The number of nitrogens with two attached hydrogens (primary N) is 1. The molecule has 1 aliphatic rings. The van der Waals surface area contributed by atoms with Gasteiger partial charge >= 0.3 is 6.09 Å². The normalized spacial score (nSPS) is 14.8. The molecule has 9 heteroatoms. The molecule has 0 atom stereocenters. The van der Waals surface area contributed by atoms with Gasteiger partial charge in [-0.05, 0) is 35.9 Å². The summed E-state index contributed by atoms with van der Waals surface area (Å²) in [6.07, 6.45) is 3.11. The number of ether oxygens (including phenoxy) is 2. The highest BCUT2D eigenvalue weighted by molar-refractivity contribution is 5.88. The van der Waals surface area contributed by atoms with Crippen molar-refractivity contribution in [3.63, 3.8) is 0 Å². The highest BCUT2D eigenvalue weighted by Crippen LogP contribution is 2.19. The summed E-state index contributed by atoms with van der Waals surface area (Å²) in [6.45, 7) is 5.64. The predicted molar refractivity (Wildman–Crippen MR) is 128 cm³/mol. The number of benzene rings is 1. The quantitative estimate of drug-likeness (QED) is 0.450. The largest absolute Gasteiger partial charge is 0.418 e. The maximum absolute atomic E-state index is 12.2. The number of hydrogen-bond donors (Lipinski definition) is 3. The lowest BCUT2D eigenvalue weighted by molar-refractivity contribution is 0.0388. The zero-order valence-electron chi connectivity index (χ0n) is 18.4. The van der Waals surface area contributed by atoms with Gasteiger partial charge in [-0.2, -0.15) is 0 Å². The van der Waals surface area contributed by atoms with E-state index >= 15 is 0 Å². The van der Waals surface area contributed by atoms with Gasteiger partial charge in [0.05, 0.1) is 24.2 Å². The molecule has 33 heavy (non-hydrogen) atoms. The summed E-state index contributed by atoms with van der Waals surface area (Å²) in [6, 6.07) is 14.3.